The molecule has 2 heteroatoms. The van der Waals surface area contributed by atoms with E-state index in [2.05, 4.69) is 57.0 Å². The molecule has 0 radical (unpaired) electrons. The lowest BCUT2D eigenvalue weighted by molar-refractivity contribution is -0.00183. The second-order valence-corrected chi connectivity index (χ2v) is 7.25. The number of aryl methyl sites for hydroxylation is 1. The topological polar surface area (TPSA) is 29.3 Å². The fourth-order valence-corrected chi connectivity index (χ4v) is 4.21. The van der Waals surface area contributed by atoms with Crippen LogP contribution in [0.2, 0.25) is 0 Å². The third-order valence-electron chi connectivity index (χ3n) is 5.52. The summed E-state index contributed by atoms with van der Waals surface area (Å²) in [6, 6.07) is 8.92. The summed E-state index contributed by atoms with van der Waals surface area (Å²) in [6.07, 6.45) is 5.25. The highest BCUT2D eigenvalue weighted by Gasteiger charge is 2.43. The monoisotopic (exact) mass is 288 g/mol. The summed E-state index contributed by atoms with van der Waals surface area (Å²) in [5.74, 6) is 1.42. The van der Waals surface area contributed by atoms with Gasteiger partial charge < -0.3 is 5.73 Å². The average molecular weight is 288 g/mol. The predicted molar refractivity (Wildman–Crippen MR) is 91.2 cm³/mol. The summed E-state index contributed by atoms with van der Waals surface area (Å²) in [7, 11) is 2.27. The van der Waals surface area contributed by atoms with Crippen molar-refractivity contribution in [1.82, 2.24) is 4.90 Å². The third kappa shape index (κ3) is 3.49. The summed E-state index contributed by atoms with van der Waals surface area (Å²) < 4.78 is 0. The Hall–Kier alpha value is -0.860. The lowest BCUT2D eigenvalue weighted by Gasteiger charge is -2.51. The van der Waals surface area contributed by atoms with Gasteiger partial charge in [-0.15, -0.1) is 0 Å². The van der Waals surface area contributed by atoms with Gasteiger partial charge in [-0.05, 0) is 44.2 Å². The normalized spacial score (nSPS) is 26.5. The van der Waals surface area contributed by atoms with E-state index >= 15 is 0 Å². The zero-order valence-electron chi connectivity index (χ0n) is 14.2. The van der Waals surface area contributed by atoms with Gasteiger partial charge in [0.05, 0.1) is 0 Å². The Kier molecular flexibility index (Phi) is 5.45. The minimum Gasteiger partial charge on any atom is -0.329 e. The van der Waals surface area contributed by atoms with Gasteiger partial charge in [0, 0.05) is 18.6 Å². The third-order valence-corrected chi connectivity index (χ3v) is 5.52. The van der Waals surface area contributed by atoms with E-state index in [-0.39, 0.29) is 5.54 Å². The van der Waals surface area contributed by atoms with Crippen molar-refractivity contribution in [3.63, 3.8) is 0 Å². The standard InChI is InChI=1S/C19H32N2/c1-15(2)18-7-5-6-12-19(18,14-20)21(4)13-17-10-8-16(3)9-11-17/h8-11,15,18H,5-7,12-14,20H2,1-4H3. The van der Waals surface area contributed by atoms with Crippen molar-refractivity contribution in [1.29, 1.82) is 0 Å². The van der Waals surface area contributed by atoms with Crippen LogP contribution in [0, 0.1) is 18.8 Å². The summed E-state index contributed by atoms with van der Waals surface area (Å²) in [5.41, 5.74) is 9.20. The number of hydrogen-bond donors (Lipinski definition) is 1. The molecule has 21 heavy (non-hydrogen) atoms. The van der Waals surface area contributed by atoms with Crippen LogP contribution in [0.1, 0.15) is 50.7 Å². The van der Waals surface area contributed by atoms with Crippen LogP contribution in [0.25, 0.3) is 0 Å². The molecule has 0 aliphatic heterocycles. The molecule has 1 fully saturated rings. The molecule has 1 aliphatic carbocycles. The highest BCUT2D eigenvalue weighted by atomic mass is 15.2. The number of nitrogens with zero attached hydrogens (tertiary/aromatic N) is 1. The summed E-state index contributed by atoms with van der Waals surface area (Å²) in [4.78, 5) is 2.54. The summed E-state index contributed by atoms with van der Waals surface area (Å²) >= 11 is 0. The first-order valence-electron chi connectivity index (χ1n) is 8.46. The van der Waals surface area contributed by atoms with E-state index in [1.165, 1.54) is 36.8 Å². The van der Waals surface area contributed by atoms with Crippen LogP contribution in [0.5, 0.6) is 0 Å². The first-order chi connectivity index (χ1) is 9.99. The second kappa shape index (κ2) is 6.93. The molecule has 0 heterocycles. The quantitative estimate of drug-likeness (QED) is 0.888. The van der Waals surface area contributed by atoms with Crippen molar-refractivity contribution in [2.24, 2.45) is 17.6 Å². The van der Waals surface area contributed by atoms with Gasteiger partial charge in [0.15, 0.2) is 0 Å². The molecule has 0 spiro atoms. The van der Waals surface area contributed by atoms with Crippen LogP contribution in [0.15, 0.2) is 24.3 Å². The van der Waals surface area contributed by atoms with Gasteiger partial charge >= 0.3 is 0 Å². The smallest absolute Gasteiger partial charge is 0.0362 e. The molecule has 2 atom stereocenters. The predicted octanol–water partition coefficient (Wildman–Crippen LogP) is 3.97. The fraction of sp³-hybridized carbons (Fsp3) is 0.684. The zero-order valence-corrected chi connectivity index (χ0v) is 14.2. The van der Waals surface area contributed by atoms with Crippen molar-refractivity contribution in [2.45, 2.75) is 58.5 Å². The van der Waals surface area contributed by atoms with Crippen LogP contribution < -0.4 is 5.73 Å². The Morgan fingerprint density at radius 1 is 1.24 bits per heavy atom. The molecule has 2 nitrogen and oxygen atoms in total. The Morgan fingerprint density at radius 3 is 2.48 bits per heavy atom. The first-order valence-corrected chi connectivity index (χ1v) is 8.46. The van der Waals surface area contributed by atoms with E-state index in [4.69, 9.17) is 5.73 Å². The molecular weight excluding hydrogens is 256 g/mol. The minimum atomic E-state index is 0.178. The maximum absolute atomic E-state index is 6.30. The van der Waals surface area contributed by atoms with Crippen LogP contribution in [0.3, 0.4) is 0 Å². The minimum absolute atomic E-state index is 0.178. The largest absolute Gasteiger partial charge is 0.329 e. The molecule has 1 saturated carbocycles. The van der Waals surface area contributed by atoms with E-state index in [9.17, 15) is 0 Å². The summed E-state index contributed by atoms with van der Waals surface area (Å²) in [5, 5.41) is 0. The van der Waals surface area contributed by atoms with Crippen molar-refractivity contribution in [2.75, 3.05) is 13.6 Å². The van der Waals surface area contributed by atoms with Gasteiger partial charge in [0.2, 0.25) is 0 Å². The zero-order chi connectivity index (χ0) is 15.5. The highest BCUT2D eigenvalue weighted by Crippen LogP contribution is 2.41. The van der Waals surface area contributed by atoms with E-state index in [1.807, 2.05) is 0 Å². The molecule has 2 N–H and O–H groups in total. The van der Waals surface area contributed by atoms with Crippen LogP contribution >= 0.6 is 0 Å². The van der Waals surface area contributed by atoms with Gasteiger partial charge in [-0.3, -0.25) is 4.90 Å². The molecular formula is C19H32N2. The Bertz CT molecular complexity index is 437. The molecule has 0 aromatic heterocycles. The fourth-order valence-electron chi connectivity index (χ4n) is 4.21. The molecule has 0 amide bonds. The maximum Gasteiger partial charge on any atom is 0.0362 e. The van der Waals surface area contributed by atoms with Crippen molar-refractivity contribution in [3.05, 3.63) is 35.4 Å². The number of benzene rings is 1. The van der Waals surface area contributed by atoms with Gasteiger partial charge in [0.1, 0.15) is 0 Å². The van der Waals surface area contributed by atoms with Gasteiger partial charge in [-0.1, -0.05) is 56.5 Å². The maximum atomic E-state index is 6.30. The SMILES string of the molecule is Cc1ccc(CN(C)C2(CN)CCCCC2C(C)C)cc1. The first kappa shape index (κ1) is 16.5. The number of nitrogens with two attached hydrogens (primary N) is 1. The van der Waals surface area contributed by atoms with E-state index in [1.54, 1.807) is 0 Å². The summed E-state index contributed by atoms with van der Waals surface area (Å²) in [6.45, 7) is 8.64. The van der Waals surface area contributed by atoms with E-state index < -0.39 is 0 Å². The van der Waals surface area contributed by atoms with Gasteiger partial charge in [0.25, 0.3) is 0 Å². The molecule has 2 unspecified atom stereocenters. The Morgan fingerprint density at radius 2 is 1.90 bits per heavy atom. The van der Waals surface area contributed by atoms with Crippen molar-refractivity contribution < 1.29 is 0 Å². The molecule has 1 aromatic rings. The van der Waals surface area contributed by atoms with Crippen LogP contribution in [0.4, 0.5) is 0 Å². The second-order valence-electron chi connectivity index (χ2n) is 7.25. The highest BCUT2D eigenvalue weighted by molar-refractivity contribution is 5.21. The van der Waals surface area contributed by atoms with Crippen molar-refractivity contribution >= 4 is 0 Å². The molecule has 0 saturated heterocycles. The molecule has 1 aliphatic rings. The van der Waals surface area contributed by atoms with Gasteiger partial charge in [-0.2, -0.15) is 0 Å². The Labute approximate surface area is 130 Å². The van der Waals surface area contributed by atoms with Crippen LogP contribution in [-0.4, -0.2) is 24.0 Å². The van der Waals surface area contributed by atoms with E-state index in [0.29, 0.717) is 11.8 Å². The number of likely N-dealkylation sites (N-methyl/N-ethyl adjacent to an activating group) is 1. The average Bonchev–Trinajstić information content (AvgIpc) is 2.49. The van der Waals surface area contributed by atoms with Crippen molar-refractivity contribution in [3.8, 4) is 0 Å². The molecule has 0 bridgehead atoms. The molecule has 1 aromatic carbocycles. The molecule has 118 valence electrons. The lowest BCUT2D eigenvalue weighted by atomic mass is 9.67. The van der Waals surface area contributed by atoms with Crippen LogP contribution in [-0.2, 0) is 6.54 Å². The van der Waals surface area contributed by atoms with Gasteiger partial charge in [-0.25, -0.2) is 0 Å². The number of rotatable bonds is 5. The molecule has 2 rings (SSSR count). The number of hydrogen-bond acceptors (Lipinski definition) is 2. The van der Waals surface area contributed by atoms with E-state index in [0.717, 1.165) is 13.1 Å². The lowest BCUT2D eigenvalue weighted by Crippen LogP contribution is -2.59. The Balaban J connectivity index is 2.19.